The standard InChI is InChI=1S/C16H29N3O2/c1-13-15(21-14(2)17-13)10-18(5)11-16(3,4)12-19-6-8-20-9-7-19/h6-12H2,1-5H3. The molecule has 2 rings (SSSR count). The van der Waals surface area contributed by atoms with Crippen molar-refractivity contribution in [1.82, 2.24) is 14.8 Å². The number of hydrogen-bond acceptors (Lipinski definition) is 5. The molecule has 5 nitrogen and oxygen atoms in total. The first-order valence-electron chi connectivity index (χ1n) is 7.77. The van der Waals surface area contributed by atoms with Gasteiger partial charge in [-0.2, -0.15) is 0 Å². The van der Waals surface area contributed by atoms with Crippen LogP contribution in [0.25, 0.3) is 0 Å². The Morgan fingerprint density at radius 3 is 2.48 bits per heavy atom. The summed E-state index contributed by atoms with van der Waals surface area (Å²) in [4.78, 5) is 9.17. The fourth-order valence-electron chi connectivity index (χ4n) is 3.17. The van der Waals surface area contributed by atoms with Gasteiger partial charge in [0.15, 0.2) is 5.89 Å². The van der Waals surface area contributed by atoms with Crippen molar-refractivity contribution in [3.05, 3.63) is 17.3 Å². The third-order valence-electron chi connectivity index (χ3n) is 3.87. The Labute approximate surface area is 128 Å². The summed E-state index contributed by atoms with van der Waals surface area (Å²) in [5.41, 5.74) is 1.25. The van der Waals surface area contributed by atoms with Crippen LogP contribution in [0.1, 0.15) is 31.2 Å². The molecule has 120 valence electrons. The van der Waals surface area contributed by atoms with E-state index in [0.717, 1.165) is 63.3 Å². The van der Waals surface area contributed by atoms with Crippen LogP contribution in [0.15, 0.2) is 4.42 Å². The number of aryl methyl sites for hydroxylation is 2. The van der Waals surface area contributed by atoms with Crippen molar-refractivity contribution in [3.63, 3.8) is 0 Å². The number of ether oxygens (including phenoxy) is 1. The summed E-state index contributed by atoms with van der Waals surface area (Å²) >= 11 is 0. The summed E-state index contributed by atoms with van der Waals surface area (Å²) in [5.74, 6) is 1.74. The van der Waals surface area contributed by atoms with Crippen LogP contribution >= 0.6 is 0 Å². The minimum atomic E-state index is 0.245. The van der Waals surface area contributed by atoms with Gasteiger partial charge in [0.25, 0.3) is 0 Å². The number of rotatable bonds is 6. The van der Waals surface area contributed by atoms with E-state index in [2.05, 4.69) is 35.7 Å². The van der Waals surface area contributed by atoms with Gasteiger partial charge < -0.3 is 9.15 Å². The van der Waals surface area contributed by atoms with Crippen LogP contribution in [-0.2, 0) is 11.3 Å². The predicted molar refractivity (Wildman–Crippen MR) is 83.4 cm³/mol. The number of aromatic nitrogens is 1. The Morgan fingerprint density at radius 2 is 1.90 bits per heavy atom. The Kier molecular flexibility index (Phi) is 5.41. The summed E-state index contributed by atoms with van der Waals surface area (Å²) in [6, 6.07) is 0. The van der Waals surface area contributed by atoms with E-state index in [1.807, 2.05) is 13.8 Å². The lowest BCUT2D eigenvalue weighted by atomic mass is 9.91. The highest BCUT2D eigenvalue weighted by Gasteiger charge is 2.25. The third kappa shape index (κ3) is 5.09. The van der Waals surface area contributed by atoms with Gasteiger partial charge in [0, 0.05) is 33.1 Å². The first-order valence-corrected chi connectivity index (χ1v) is 7.77. The minimum Gasteiger partial charge on any atom is -0.444 e. The van der Waals surface area contributed by atoms with E-state index in [1.54, 1.807) is 0 Å². The highest BCUT2D eigenvalue weighted by atomic mass is 16.5. The van der Waals surface area contributed by atoms with Gasteiger partial charge in [-0.05, 0) is 19.4 Å². The first kappa shape index (κ1) is 16.5. The molecular weight excluding hydrogens is 266 g/mol. The monoisotopic (exact) mass is 295 g/mol. The molecule has 1 saturated heterocycles. The molecule has 0 unspecified atom stereocenters. The predicted octanol–water partition coefficient (Wildman–Crippen LogP) is 2.08. The van der Waals surface area contributed by atoms with Crippen LogP contribution in [0.3, 0.4) is 0 Å². The SMILES string of the molecule is Cc1nc(C)c(CN(C)CC(C)(C)CN2CCOCC2)o1. The zero-order valence-corrected chi connectivity index (χ0v) is 14.1. The van der Waals surface area contributed by atoms with Gasteiger partial charge in [-0.3, -0.25) is 9.80 Å². The fraction of sp³-hybridized carbons (Fsp3) is 0.812. The summed E-state index contributed by atoms with van der Waals surface area (Å²) in [5, 5.41) is 0. The molecule has 0 bridgehead atoms. The van der Waals surface area contributed by atoms with Crippen molar-refractivity contribution >= 4 is 0 Å². The van der Waals surface area contributed by atoms with Crippen LogP contribution in [0.4, 0.5) is 0 Å². The molecule has 0 radical (unpaired) electrons. The lowest BCUT2D eigenvalue weighted by molar-refractivity contribution is 0.0158. The molecule has 1 aliphatic rings. The normalized spacial score (nSPS) is 17.6. The second-order valence-corrected chi connectivity index (χ2v) is 6.97. The van der Waals surface area contributed by atoms with E-state index < -0.39 is 0 Å². The second-order valence-electron chi connectivity index (χ2n) is 6.97. The van der Waals surface area contributed by atoms with E-state index in [0.29, 0.717) is 0 Å². The van der Waals surface area contributed by atoms with E-state index >= 15 is 0 Å². The molecule has 2 heterocycles. The molecule has 21 heavy (non-hydrogen) atoms. The summed E-state index contributed by atoms with van der Waals surface area (Å²) in [6.07, 6.45) is 0. The van der Waals surface area contributed by atoms with Crippen LogP contribution in [-0.4, -0.2) is 61.2 Å². The maximum Gasteiger partial charge on any atom is 0.191 e. The number of morpholine rings is 1. The molecule has 0 N–H and O–H groups in total. The van der Waals surface area contributed by atoms with Gasteiger partial charge in [0.05, 0.1) is 25.5 Å². The Bertz CT molecular complexity index is 450. The highest BCUT2D eigenvalue weighted by Crippen LogP contribution is 2.21. The van der Waals surface area contributed by atoms with E-state index in [4.69, 9.17) is 9.15 Å². The average Bonchev–Trinajstić information content (AvgIpc) is 2.67. The lowest BCUT2D eigenvalue weighted by Gasteiger charge is -2.37. The Hall–Kier alpha value is -0.910. The molecule has 0 aromatic carbocycles. The van der Waals surface area contributed by atoms with E-state index in [1.165, 1.54) is 0 Å². The molecule has 0 amide bonds. The van der Waals surface area contributed by atoms with Crippen molar-refractivity contribution < 1.29 is 9.15 Å². The minimum absolute atomic E-state index is 0.245. The van der Waals surface area contributed by atoms with Gasteiger partial charge in [0.2, 0.25) is 0 Å². The fourth-order valence-corrected chi connectivity index (χ4v) is 3.17. The summed E-state index contributed by atoms with van der Waals surface area (Å²) in [7, 11) is 2.15. The average molecular weight is 295 g/mol. The van der Waals surface area contributed by atoms with Crippen molar-refractivity contribution in [2.24, 2.45) is 5.41 Å². The van der Waals surface area contributed by atoms with E-state index in [-0.39, 0.29) is 5.41 Å². The zero-order valence-electron chi connectivity index (χ0n) is 14.1. The van der Waals surface area contributed by atoms with Crippen LogP contribution in [0.5, 0.6) is 0 Å². The van der Waals surface area contributed by atoms with Crippen molar-refractivity contribution in [2.45, 2.75) is 34.2 Å². The number of hydrogen-bond donors (Lipinski definition) is 0. The lowest BCUT2D eigenvalue weighted by Crippen LogP contribution is -2.45. The largest absolute Gasteiger partial charge is 0.444 e. The van der Waals surface area contributed by atoms with Crippen molar-refractivity contribution in [2.75, 3.05) is 46.4 Å². The molecule has 1 aromatic heterocycles. The number of oxazole rings is 1. The Balaban J connectivity index is 1.85. The van der Waals surface area contributed by atoms with Crippen molar-refractivity contribution in [3.8, 4) is 0 Å². The molecule has 0 saturated carbocycles. The van der Waals surface area contributed by atoms with Crippen LogP contribution in [0.2, 0.25) is 0 Å². The molecular formula is C16H29N3O2. The topological polar surface area (TPSA) is 41.7 Å². The maximum absolute atomic E-state index is 5.67. The second kappa shape index (κ2) is 6.90. The molecule has 0 spiro atoms. The first-order chi connectivity index (χ1) is 9.85. The van der Waals surface area contributed by atoms with Gasteiger partial charge in [-0.25, -0.2) is 4.98 Å². The molecule has 5 heteroatoms. The third-order valence-corrected chi connectivity index (χ3v) is 3.87. The van der Waals surface area contributed by atoms with Crippen LogP contribution < -0.4 is 0 Å². The van der Waals surface area contributed by atoms with E-state index in [9.17, 15) is 0 Å². The smallest absolute Gasteiger partial charge is 0.191 e. The van der Waals surface area contributed by atoms with Gasteiger partial charge in [0.1, 0.15) is 5.76 Å². The van der Waals surface area contributed by atoms with Gasteiger partial charge >= 0.3 is 0 Å². The zero-order chi connectivity index (χ0) is 15.5. The number of nitrogens with zero attached hydrogens (tertiary/aromatic N) is 3. The quantitative estimate of drug-likeness (QED) is 0.804. The highest BCUT2D eigenvalue weighted by molar-refractivity contribution is 5.07. The Morgan fingerprint density at radius 1 is 1.24 bits per heavy atom. The summed E-state index contributed by atoms with van der Waals surface area (Å²) in [6.45, 7) is 15.4. The molecule has 0 atom stereocenters. The van der Waals surface area contributed by atoms with Crippen LogP contribution in [0, 0.1) is 19.3 Å². The molecule has 1 aliphatic heterocycles. The molecule has 0 aliphatic carbocycles. The maximum atomic E-state index is 5.67. The van der Waals surface area contributed by atoms with Gasteiger partial charge in [-0.15, -0.1) is 0 Å². The summed E-state index contributed by atoms with van der Waals surface area (Å²) < 4.78 is 11.1. The molecule has 1 aromatic rings. The van der Waals surface area contributed by atoms with Crippen molar-refractivity contribution in [1.29, 1.82) is 0 Å². The molecule has 1 fully saturated rings. The van der Waals surface area contributed by atoms with Gasteiger partial charge in [-0.1, -0.05) is 13.8 Å².